The molecule has 0 aliphatic carbocycles. The summed E-state index contributed by atoms with van der Waals surface area (Å²) in [4.78, 5) is 4.69. The van der Waals surface area contributed by atoms with Gasteiger partial charge in [0.2, 0.25) is 0 Å². The van der Waals surface area contributed by atoms with Crippen LogP contribution in [0.15, 0.2) is 0 Å². The van der Waals surface area contributed by atoms with Crippen molar-refractivity contribution < 1.29 is 4.74 Å². The van der Waals surface area contributed by atoms with Gasteiger partial charge in [-0.15, -0.1) is 0 Å². The molecular weight excluding hydrogens is 214 g/mol. The smallest absolute Gasteiger partial charge is 0.106 e. The summed E-state index contributed by atoms with van der Waals surface area (Å²) in [5.74, 6) is 1.96. The van der Waals surface area contributed by atoms with Crippen LogP contribution in [0.2, 0.25) is 0 Å². The van der Waals surface area contributed by atoms with Gasteiger partial charge < -0.3 is 14.6 Å². The number of hydrogen-bond donors (Lipinski definition) is 1. The molecule has 2 aliphatic rings. The standard InChI is InChI=1S/C13H21N3O/c1-10-15-12-8-14-5-2-13(12)16(10)9-11-3-6-17-7-4-11/h11,14H,2-9H2,1H3. The molecule has 0 unspecified atom stereocenters. The zero-order valence-electron chi connectivity index (χ0n) is 10.5. The van der Waals surface area contributed by atoms with Crippen LogP contribution in [0.25, 0.3) is 0 Å². The zero-order valence-corrected chi connectivity index (χ0v) is 10.5. The highest BCUT2D eigenvalue weighted by atomic mass is 16.5. The summed E-state index contributed by atoms with van der Waals surface area (Å²) in [5, 5.41) is 3.39. The van der Waals surface area contributed by atoms with Crippen molar-refractivity contribution in [1.82, 2.24) is 14.9 Å². The van der Waals surface area contributed by atoms with Crippen molar-refractivity contribution in [2.75, 3.05) is 19.8 Å². The normalized spacial score (nSPS) is 21.5. The van der Waals surface area contributed by atoms with E-state index in [4.69, 9.17) is 4.74 Å². The number of nitrogens with one attached hydrogen (secondary N) is 1. The summed E-state index contributed by atoms with van der Waals surface area (Å²) in [7, 11) is 0. The number of aryl methyl sites for hydroxylation is 1. The van der Waals surface area contributed by atoms with Crippen LogP contribution in [0.1, 0.15) is 30.1 Å². The topological polar surface area (TPSA) is 39.1 Å². The highest BCUT2D eigenvalue weighted by Gasteiger charge is 2.21. The molecule has 1 aromatic heterocycles. The maximum atomic E-state index is 5.43. The van der Waals surface area contributed by atoms with E-state index in [0.29, 0.717) is 0 Å². The predicted molar refractivity (Wildman–Crippen MR) is 65.9 cm³/mol. The molecule has 0 amide bonds. The van der Waals surface area contributed by atoms with Crippen molar-refractivity contribution in [2.45, 2.75) is 39.3 Å². The van der Waals surface area contributed by atoms with E-state index in [1.165, 1.54) is 30.1 Å². The zero-order chi connectivity index (χ0) is 11.7. The highest BCUT2D eigenvalue weighted by molar-refractivity contribution is 5.19. The van der Waals surface area contributed by atoms with E-state index < -0.39 is 0 Å². The van der Waals surface area contributed by atoms with Crippen LogP contribution >= 0.6 is 0 Å². The summed E-state index contributed by atoms with van der Waals surface area (Å²) in [6.07, 6.45) is 3.52. The summed E-state index contributed by atoms with van der Waals surface area (Å²) >= 11 is 0. The summed E-state index contributed by atoms with van der Waals surface area (Å²) < 4.78 is 7.88. The van der Waals surface area contributed by atoms with E-state index in [-0.39, 0.29) is 0 Å². The van der Waals surface area contributed by atoms with Crippen molar-refractivity contribution >= 4 is 0 Å². The highest BCUT2D eigenvalue weighted by Crippen LogP contribution is 2.22. The SMILES string of the molecule is Cc1nc2c(n1CC1CCOCC1)CCNC2. The van der Waals surface area contributed by atoms with Crippen molar-refractivity contribution in [3.63, 3.8) is 0 Å². The van der Waals surface area contributed by atoms with Gasteiger partial charge in [-0.25, -0.2) is 4.98 Å². The quantitative estimate of drug-likeness (QED) is 0.839. The molecule has 3 heterocycles. The molecule has 17 heavy (non-hydrogen) atoms. The van der Waals surface area contributed by atoms with Gasteiger partial charge in [0.1, 0.15) is 5.82 Å². The van der Waals surface area contributed by atoms with E-state index in [1.54, 1.807) is 0 Å². The summed E-state index contributed by atoms with van der Waals surface area (Å²) in [6, 6.07) is 0. The molecule has 1 aromatic rings. The number of fused-ring (bicyclic) bond motifs is 1. The van der Waals surface area contributed by atoms with Gasteiger partial charge in [-0.3, -0.25) is 0 Å². The number of rotatable bonds is 2. The Hall–Kier alpha value is -0.870. The predicted octanol–water partition coefficient (Wildman–Crippen LogP) is 1.26. The Bertz CT molecular complexity index is 394. The van der Waals surface area contributed by atoms with Gasteiger partial charge in [-0.1, -0.05) is 0 Å². The first-order valence-electron chi connectivity index (χ1n) is 6.68. The largest absolute Gasteiger partial charge is 0.381 e. The number of nitrogens with zero attached hydrogens (tertiary/aromatic N) is 2. The lowest BCUT2D eigenvalue weighted by Gasteiger charge is -2.24. The number of aromatic nitrogens is 2. The molecule has 4 heteroatoms. The molecule has 0 spiro atoms. The third kappa shape index (κ3) is 2.24. The van der Waals surface area contributed by atoms with Crippen LogP contribution < -0.4 is 5.32 Å². The van der Waals surface area contributed by atoms with Crippen LogP contribution in [0.5, 0.6) is 0 Å². The van der Waals surface area contributed by atoms with E-state index in [9.17, 15) is 0 Å². The Kier molecular flexibility index (Phi) is 3.16. The average molecular weight is 235 g/mol. The first kappa shape index (κ1) is 11.2. The minimum atomic E-state index is 0.774. The molecule has 1 saturated heterocycles. The second-order valence-corrected chi connectivity index (χ2v) is 5.15. The first-order chi connectivity index (χ1) is 8.34. The van der Waals surface area contributed by atoms with Crippen LogP contribution in [0, 0.1) is 12.8 Å². The first-order valence-corrected chi connectivity index (χ1v) is 6.68. The van der Waals surface area contributed by atoms with Crippen LogP contribution in [-0.4, -0.2) is 29.3 Å². The lowest BCUT2D eigenvalue weighted by molar-refractivity contribution is 0.0608. The van der Waals surface area contributed by atoms with Crippen molar-refractivity contribution in [3.05, 3.63) is 17.2 Å². The number of imidazole rings is 1. The minimum absolute atomic E-state index is 0.774. The third-order valence-corrected chi connectivity index (χ3v) is 3.96. The Morgan fingerprint density at radius 2 is 2.24 bits per heavy atom. The molecule has 0 bridgehead atoms. The molecule has 0 atom stereocenters. The van der Waals surface area contributed by atoms with E-state index in [1.807, 2.05) is 0 Å². The number of hydrogen-bond acceptors (Lipinski definition) is 3. The molecule has 1 fully saturated rings. The second-order valence-electron chi connectivity index (χ2n) is 5.15. The molecule has 0 radical (unpaired) electrons. The molecule has 0 aromatic carbocycles. The van der Waals surface area contributed by atoms with Crippen molar-refractivity contribution in [2.24, 2.45) is 5.92 Å². The van der Waals surface area contributed by atoms with Gasteiger partial charge >= 0.3 is 0 Å². The van der Waals surface area contributed by atoms with E-state index >= 15 is 0 Å². The van der Waals surface area contributed by atoms with Gasteiger partial charge in [0, 0.05) is 45.0 Å². The van der Waals surface area contributed by atoms with Crippen molar-refractivity contribution in [3.8, 4) is 0 Å². The Morgan fingerprint density at radius 1 is 1.41 bits per heavy atom. The van der Waals surface area contributed by atoms with Gasteiger partial charge in [-0.05, 0) is 25.7 Å². The Morgan fingerprint density at radius 3 is 3.06 bits per heavy atom. The summed E-state index contributed by atoms with van der Waals surface area (Å²) in [6.45, 7) is 7.17. The number of ether oxygens (including phenoxy) is 1. The van der Waals surface area contributed by atoms with E-state index in [0.717, 1.165) is 45.2 Å². The van der Waals surface area contributed by atoms with Gasteiger partial charge in [0.05, 0.1) is 5.69 Å². The lowest BCUT2D eigenvalue weighted by atomic mass is 10.00. The maximum Gasteiger partial charge on any atom is 0.106 e. The molecule has 3 rings (SSSR count). The summed E-state index contributed by atoms with van der Waals surface area (Å²) in [5.41, 5.74) is 2.73. The molecule has 94 valence electrons. The van der Waals surface area contributed by atoms with Crippen LogP contribution in [-0.2, 0) is 24.2 Å². The van der Waals surface area contributed by atoms with Crippen LogP contribution in [0.4, 0.5) is 0 Å². The fourth-order valence-corrected chi connectivity index (χ4v) is 2.94. The Balaban J connectivity index is 1.79. The minimum Gasteiger partial charge on any atom is -0.381 e. The van der Waals surface area contributed by atoms with E-state index in [2.05, 4.69) is 21.8 Å². The molecule has 4 nitrogen and oxygen atoms in total. The van der Waals surface area contributed by atoms with Gasteiger partial charge in [0.25, 0.3) is 0 Å². The van der Waals surface area contributed by atoms with Gasteiger partial charge in [0.15, 0.2) is 0 Å². The molecule has 1 N–H and O–H groups in total. The fourth-order valence-electron chi connectivity index (χ4n) is 2.94. The fraction of sp³-hybridized carbons (Fsp3) is 0.769. The average Bonchev–Trinajstić information content (AvgIpc) is 2.68. The second kappa shape index (κ2) is 4.78. The third-order valence-electron chi connectivity index (χ3n) is 3.96. The molecular formula is C13H21N3O. The van der Waals surface area contributed by atoms with Crippen molar-refractivity contribution in [1.29, 1.82) is 0 Å². The lowest BCUT2D eigenvalue weighted by Crippen LogP contribution is -2.27. The van der Waals surface area contributed by atoms with Crippen LogP contribution in [0.3, 0.4) is 0 Å². The van der Waals surface area contributed by atoms with Gasteiger partial charge in [-0.2, -0.15) is 0 Å². The monoisotopic (exact) mass is 235 g/mol. The molecule has 0 saturated carbocycles. The Labute approximate surface area is 102 Å². The molecule has 2 aliphatic heterocycles. The maximum absolute atomic E-state index is 5.43.